The quantitative estimate of drug-likeness (QED) is 0.324. The standard InChI is InChI=1S/C21H16N4O5S/c1-14-2-9-18(10-3-14)31-20-11-4-15(12-19(20)25(29)30)13-22-23-21(26)16-5-7-17(8-6-16)24(27)28/h2-13H,1H3,(H,23,26)/b22-13-. The molecule has 31 heavy (non-hydrogen) atoms. The SMILES string of the molecule is Cc1ccc(Sc2ccc(/C=N\NC(=O)c3ccc([N+](=O)[O-])cc3)cc2[N+](=O)[O-])cc1. The summed E-state index contributed by atoms with van der Waals surface area (Å²) in [6.45, 7) is 1.96. The minimum Gasteiger partial charge on any atom is -0.267 e. The van der Waals surface area contributed by atoms with Crippen molar-refractivity contribution in [2.24, 2.45) is 5.10 Å². The summed E-state index contributed by atoms with van der Waals surface area (Å²) >= 11 is 1.29. The molecule has 0 unspecified atom stereocenters. The third-order valence-electron chi connectivity index (χ3n) is 4.15. The van der Waals surface area contributed by atoms with E-state index >= 15 is 0 Å². The highest BCUT2D eigenvalue weighted by atomic mass is 32.2. The van der Waals surface area contributed by atoms with Gasteiger partial charge in [-0.3, -0.25) is 25.0 Å². The molecule has 1 N–H and O–H groups in total. The van der Waals surface area contributed by atoms with Gasteiger partial charge < -0.3 is 0 Å². The molecule has 0 saturated carbocycles. The van der Waals surface area contributed by atoms with Gasteiger partial charge in [0, 0.05) is 34.2 Å². The Balaban J connectivity index is 1.70. The zero-order valence-corrected chi connectivity index (χ0v) is 17.0. The predicted octanol–water partition coefficient (Wildman–Crippen LogP) is 4.73. The molecule has 0 fully saturated rings. The van der Waals surface area contributed by atoms with Gasteiger partial charge in [0.1, 0.15) is 0 Å². The molecule has 3 aromatic rings. The van der Waals surface area contributed by atoms with E-state index in [4.69, 9.17) is 0 Å². The van der Waals surface area contributed by atoms with Crippen molar-refractivity contribution in [3.8, 4) is 0 Å². The first kappa shape index (κ1) is 21.7. The number of nitrogens with one attached hydrogen (secondary N) is 1. The van der Waals surface area contributed by atoms with Crippen molar-refractivity contribution in [3.05, 3.63) is 104 Å². The number of rotatable bonds is 7. The predicted molar refractivity (Wildman–Crippen MR) is 117 cm³/mol. The van der Waals surface area contributed by atoms with Crippen molar-refractivity contribution < 1.29 is 14.6 Å². The molecule has 9 nitrogen and oxygen atoms in total. The lowest BCUT2D eigenvalue weighted by molar-refractivity contribution is -0.387. The van der Waals surface area contributed by atoms with Crippen LogP contribution < -0.4 is 5.43 Å². The summed E-state index contributed by atoms with van der Waals surface area (Å²) in [4.78, 5) is 34.6. The van der Waals surface area contributed by atoms with Crippen LogP contribution >= 0.6 is 11.8 Å². The average molecular weight is 436 g/mol. The van der Waals surface area contributed by atoms with E-state index in [-0.39, 0.29) is 16.9 Å². The fraction of sp³-hybridized carbons (Fsp3) is 0.0476. The maximum atomic E-state index is 12.1. The van der Waals surface area contributed by atoms with E-state index in [2.05, 4.69) is 10.5 Å². The Morgan fingerprint density at radius 3 is 2.26 bits per heavy atom. The monoisotopic (exact) mass is 436 g/mol. The second-order valence-electron chi connectivity index (χ2n) is 6.40. The lowest BCUT2D eigenvalue weighted by atomic mass is 10.2. The average Bonchev–Trinajstić information content (AvgIpc) is 2.76. The molecule has 0 aliphatic heterocycles. The minimum atomic E-state index is -0.563. The molecule has 0 aliphatic rings. The Morgan fingerprint density at radius 2 is 1.65 bits per heavy atom. The van der Waals surface area contributed by atoms with Crippen molar-refractivity contribution in [2.45, 2.75) is 16.7 Å². The second kappa shape index (κ2) is 9.63. The highest BCUT2D eigenvalue weighted by Crippen LogP contribution is 2.35. The van der Waals surface area contributed by atoms with Crippen molar-refractivity contribution in [1.82, 2.24) is 5.43 Å². The van der Waals surface area contributed by atoms with E-state index in [1.54, 1.807) is 12.1 Å². The van der Waals surface area contributed by atoms with Crippen LogP contribution in [0.15, 0.2) is 81.6 Å². The lowest BCUT2D eigenvalue weighted by Crippen LogP contribution is -2.17. The summed E-state index contributed by atoms with van der Waals surface area (Å²) in [6, 6.07) is 17.4. The zero-order valence-electron chi connectivity index (χ0n) is 16.2. The van der Waals surface area contributed by atoms with Gasteiger partial charge in [-0.15, -0.1) is 0 Å². The number of hydrazone groups is 1. The molecule has 0 aliphatic carbocycles. The maximum Gasteiger partial charge on any atom is 0.283 e. The Labute approximate surface area is 181 Å². The first-order valence-corrected chi connectivity index (χ1v) is 9.76. The molecule has 0 spiro atoms. The Morgan fingerprint density at radius 1 is 0.968 bits per heavy atom. The normalized spacial score (nSPS) is 10.7. The number of non-ortho nitro benzene ring substituents is 1. The number of nitro benzene ring substituents is 2. The third-order valence-corrected chi connectivity index (χ3v) is 5.22. The summed E-state index contributed by atoms with van der Waals surface area (Å²) in [5, 5.41) is 26.0. The fourth-order valence-electron chi connectivity index (χ4n) is 2.54. The summed E-state index contributed by atoms with van der Waals surface area (Å²) in [7, 11) is 0. The summed E-state index contributed by atoms with van der Waals surface area (Å²) in [6.07, 6.45) is 1.29. The second-order valence-corrected chi connectivity index (χ2v) is 7.52. The van der Waals surface area contributed by atoms with E-state index in [0.29, 0.717) is 10.5 Å². The molecule has 0 atom stereocenters. The summed E-state index contributed by atoms with van der Waals surface area (Å²) in [5.74, 6) is -0.563. The fourth-order valence-corrected chi connectivity index (χ4v) is 3.44. The van der Waals surface area contributed by atoms with Crippen LogP contribution in [0.4, 0.5) is 11.4 Å². The van der Waals surface area contributed by atoms with Gasteiger partial charge in [0.25, 0.3) is 17.3 Å². The lowest BCUT2D eigenvalue weighted by Gasteiger charge is -2.05. The van der Waals surface area contributed by atoms with Crippen molar-refractivity contribution in [3.63, 3.8) is 0 Å². The molecular weight excluding hydrogens is 420 g/mol. The summed E-state index contributed by atoms with van der Waals surface area (Å²) < 4.78 is 0. The smallest absolute Gasteiger partial charge is 0.267 e. The van der Waals surface area contributed by atoms with Gasteiger partial charge in [0.15, 0.2) is 0 Å². The first-order valence-electron chi connectivity index (χ1n) is 8.94. The molecule has 0 heterocycles. The van der Waals surface area contributed by atoms with Crippen LogP contribution in [0.2, 0.25) is 0 Å². The zero-order chi connectivity index (χ0) is 22.4. The molecule has 10 heteroatoms. The number of hydrogen-bond acceptors (Lipinski definition) is 7. The van der Waals surface area contributed by atoms with E-state index in [1.807, 2.05) is 31.2 Å². The number of nitrogens with zero attached hydrogens (tertiary/aromatic N) is 3. The van der Waals surface area contributed by atoms with Gasteiger partial charge in [0.05, 0.1) is 21.0 Å². The van der Waals surface area contributed by atoms with Gasteiger partial charge >= 0.3 is 0 Å². The molecule has 156 valence electrons. The van der Waals surface area contributed by atoms with E-state index in [0.717, 1.165) is 10.5 Å². The first-order chi connectivity index (χ1) is 14.8. The maximum absolute atomic E-state index is 12.1. The molecule has 0 saturated heterocycles. The topological polar surface area (TPSA) is 128 Å². The molecule has 0 aromatic heterocycles. The van der Waals surface area contributed by atoms with Gasteiger partial charge in [-0.25, -0.2) is 5.43 Å². The van der Waals surface area contributed by atoms with E-state index < -0.39 is 15.8 Å². The highest BCUT2D eigenvalue weighted by Gasteiger charge is 2.15. The van der Waals surface area contributed by atoms with Crippen LogP contribution in [-0.2, 0) is 0 Å². The van der Waals surface area contributed by atoms with Gasteiger partial charge in [0.2, 0.25) is 0 Å². The van der Waals surface area contributed by atoms with Crippen LogP contribution in [0.1, 0.15) is 21.5 Å². The summed E-state index contributed by atoms with van der Waals surface area (Å²) in [5.41, 5.74) is 3.81. The molecule has 3 rings (SSSR count). The number of benzene rings is 3. The van der Waals surface area contributed by atoms with Gasteiger partial charge in [-0.05, 0) is 37.3 Å². The number of amides is 1. The number of carbonyl (C=O) groups is 1. The number of carbonyl (C=O) groups excluding carboxylic acids is 1. The van der Waals surface area contributed by atoms with Gasteiger partial charge in [-0.2, -0.15) is 5.10 Å². The molecule has 0 radical (unpaired) electrons. The van der Waals surface area contributed by atoms with Crippen LogP contribution in [0.5, 0.6) is 0 Å². The van der Waals surface area contributed by atoms with E-state index in [9.17, 15) is 25.0 Å². The van der Waals surface area contributed by atoms with E-state index in [1.165, 1.54) is 48.3 Å². The molecule has 3 aromatic carbocycles. The Kier molecular flexibility index (Phi) is 6.73. The van der Waals surface area contributed by atoms with Crippen molar-refractivity contribution >= 4 is 35.3 Å². The Bertz CT molecular complexity index is 1160. The van der Waals surface area contributed by atoms with Crippen molar-refractivity contribution in [1.29, 1.82) is 0 Å². The third kappa shape index (κ3) is 5.73. The number of nitro groups is 2. The van der Waals surface area contributed by atoms with Crippen LogP contribution in [0.25, 0.3) is 0 Å². The molecule has 1 amide bonds. The largest absolute Gasteiger partial charge is 0.283 e. The van der Waals surface area contributed by atoms with Crippen LogP contribution in [0.3, 0.4) is 0 Å². The number of aryl methyl sites for hydroxylation is 1. The minimum absolute atomic E-state index is 0.0729. The van der Waals surface area contributed by atoms with Crippen LogP contribution in [-0.4, -0.2) is 22.0 Å². The van der Waals surface area contributed by atoms with Gasteiger partial charge in [-0.1, -0.05) is 35.5 Å². The Hall–Kier alpha value is -4.05. The van der Waals surface area contributed by atoms with Crippen molar-refractivity contribution in [2.75, 3.05) is 0 Å². The molecule has 0 bridgehead atoms. The number of hydrogen-bond donors (Lipinski definition) is 1. The highest BCUT2D eigenvalue weighted by molar-refractivity contribution is 7.99. The van der Waals surface area contributed by atoms with Crippen LogP contribution in [0, 0.1) is 27.2 Å². The molecular formula is C21H16N4O5S.